The van der Waals surface area contributed by atoms with Crippen LogP contribution in [0.25, 0.3) is 5.69 Å². The smallest absolute Gasteiger partial charge is 0.311 e. The number of nitrogens with zero attached hydrogens (tertiary/aromatic N) is 2. The van der Waals surface area contributed by atoms with E-state index < -0.39 is 11.9 Å². The Hall–Kier alpha value is -4.30. The lowest BCUT2D eigenvalue weighted by atomic mass is 9.93. The number of carboxylic acid groups (broad SMARTS) is 1. The largest absolute Gasteiger partial charge is 0.493 e. The van der Waals surface area contributed by atoms with E-state index in [0.29, 0.717) is 47.2 Å². The van der Waals surface area contributed by atoms with Gasteiger partial charge in [-0.2, -0.15) is 5.10 Å². The van der Waals surface area contributed by atoms with Crippen LogP contribution < -0.4 is 14.8 Å². The molecule has 0 radical (unpaired) electrons. The molecule has 1 aromatic heterocycles. The second kappa shape index (κ2) is 9.52. The fourth-order valence-electron chi connectivity index (χ4n) is 3.83. The maximum absolute atomic E-state index is 12.6. The lowest BCUT2D eigenvalue weighted by Gasteiger charge is -2.24. The highest BCUT2D eigenvalue weighted by Gasteiger charge is 2.29. The lowest BCUT2D eigenvalue weighted by Crippen LogP contribution is -2.20. The van der Waals surface area contributed by atoms with Crippen molar-refractivity contribution in [3.05, 3.63) is 95.1 Å². The molecular formula is C26H20ClN3O5. The van der Waals surface area contributed by atoms with E-state index in [1.54, 1.807) is 53.3 Å². The molecule has 2 heterocycles. The van der Waals surface area contributed by atoms with Gasteiger partial charge in [0, 0.05) is 29.5 Å². The highest BCUT2D eigenvalue weighted by atomic mass is 35.5. The topological polar surface area (TPSA) is 103 Å². The molecule has 0 spiro atoms. The third-order valence-corrected chi connectivity index (χ3v) is 5.89. The standard InChI is InChI=1S/C26H20ClN3O5/c27-21-14-20-19(26(32)33)11-13-34-22(20)15-23(21)35-18-8-6-16(7-9-18)25(31)28-24-10-12-30(29-24)17-4-2-1-3-5-17/h1-10,12,14-15,19H,11,13H2,(H,32,33)(H,28,29,31). The molecule has 3 aromatic carbocycles. The molecule has 0 fully saturated rings. The van der Waals surface area contributed by atoms with Crippen LogP contribution in [-0.4, -0.2) is 33.4 Å². The van der Waals surface area contributed by atoms with E-state index in [-0.39, 0.29) is 10.9 Å². The van der Waals surface area contributed by atoms with Crippen LogP contribution >= 0.6 is 11.6 Å². The van der Waals surface area contributed by atoms with Gasteiger partial charge in [-0.3, -0.25) is 9.59 Å². The van der Waals surface area contributed by atoms with Crippen molar-refractivity contribution in [2.24, 2.45) is 0 Å². The van der Waals surface area contributed by atoms with E-state index in [2.05, 4.69) is 10.4 Å². The molecule has 1 aliphatic rings. The van der Waals surface area contributed by atoms with E-state index in [9.17, 15) is 14.7 Å². The van der Waals surface area contributed by atoms with Gasteiger partial charge in [0.1, 0.15) is 17.2 Å². The summed E-state index contributed by atoms with van der Waals surface area (Å²) in [5.41, 5.74) is 1.85. The molecule has 1 unspecified atom stereocenters. The zero-order chi connectivity index (χ0) is 24.4. The second-order valence-electron chi connectivity index (χ2n) is 7.91. The number of benzene rings is 3. The quantitative estimate of drug-likeness (QED) is 0.369. The Kier molecular flexibility index (Phi) is 6.12. The summed E-state index contributed by atoms with van der Waals surface area (Å²) in [4.78, 5) is 24.1. The van der Waals surface area contributed by atoms with Crippen LogP contribution in [0.15, 0.2) is 79.0 Å². The van der Waals surface area contributed by atoms with Crippen LogP contribution in [-0.2, 0) is 4.79 Å². The Labute approximate surface area is 205 Å². The first-order valence-electron chi connectivity index (χ1n) is 10.9. The van der Waals surface area contributed by atoms with Crippen LogP contribution in [0.2, 0.25) is 5.02 Å². The van der Waals surface area contributed by atoms with Gasteiger partial charge in [-0.25, -0.2) is 4.68 Å². The number of hydrogen-bond acceptors (Lipinski definition) is 5. The number of anilines is 1. The number of ether oxygens (including phenoxy) is 2. The van der Waals surface area contributed by atoms with E-state index >= 15 is 0 Å². The molecule has 0 aliphatic carbocycles. The van der Waals surface area contributed by atoms with Crippen molar-refractivity contribution in [1.29, 1.82) is 0 Å². The van der Waals surface area contributed by atoms with Crippen molar-refractivity contribution in [2.75, 3.05) is 11.9 Å². The number of para-hydroxylation sites is 1. The zero-order valence-corrected chi connectivity index (χ0v) is 19.1. The van der Waals surface area contributed by atoms with Crippen LogP contribution in [0, 0.1) is 0 Å². The summed E-state index contributed by atoms with van der Waals surface area (Å²) in [5.74, 6) is -0.229. The zero-order valence-electron chi connectivity index (χ0n) is 18.3. The van der Waals surface area contributed by atoms with Crippen LogP contribution in [0.5, 0.6) is 17.2 Å². The van der Waals surface area contributed by atoms with Crippen molar-refractivity contribution < 1.29 is 24.2 Å². The average molecular weight is 490 g/mol. The van der Waals surface area contributed by atoms with Gasteiger partial charge in [0.25, 0.3) is 5.91 Å². The molecule has 5 rings (SSSR count). The van der Waals surface area contributed by atoms with Gasteiger partial charge < -0.3 is 19.9 Å². The van der Waals surface area contributed by atoms with Gasteiger partial charge in [-0.15, -0.1) is 0 Å². The number of aliphatic carboxylic acids is 1. The molecule has 1 atom stereocenters. The van der Waals surface area contributed by atoms with Crippen LogP contribution in [0.3, 0.4) is 0 Å². The number of fused-ring (bicyclic) bond motifs is 1. The van der Waals surface area contributed by atoms with Crippen molar-refractivity contribution in [2.45, 2.75) is 12.3 Å². The molecule has 0 saturated carbocycles. The Morgan fingerprint density at radius 2 is 1.86 bits per heavy atom. The van der Waals surface area contributed by atoms with Gasteiger partial charge >= 0.3 is 5.97 Å². The van der Waals surface area contributed by atoms with Gasteiger partial charge in [-0.1, -0.05) is 29.8 Å². The highest BCUT2D eigenvalue weighted by Crippen LogP contribution is 2.41. The molecule has 35 heavy (non-hydrogen) atoms. The van der Waals surface area contributed by atoms with Gasteiger partial charge in [0.15, 0.2) is 5.82 Å². The normalized spacial score (nSPS) is 14.5. The van der Waals surface area contributed by atoms with Gasteiger partial charge in [0.2, 0.25) is 0 Å². The summed E-state index contributed by atoms with van der Waals surface area (Å²) in [7, 11) is 0. The predicted octanol–water partition coefficient (Wildman–Crippen LogP) is 5.52. The first-order valence-corrected chi connectivity index (χ1v) is 11.2. The number of hydrogen-bond donors (Lipinski definition) is 2. The lowest BCUT2D eigenvalue weighted by molar-refractivity contribution is -0.139. The van der Waals surface area contributed by atoms with Crippen molar-refractivity contribution in [3.8, 4) is 22.9 Å². The number of carbonyl (C=O) groups is 2. The molecule has 9 heteroatoms. The third kappa shape index (κ3) is 4.83. The average Bonchev–Trinajstić information content (AvgIpc) is 3.33. The minimum Gasteiger partial charge on any atom is -0.493 e. The maximum atomic E-state index is 12.6. The summed E-state index contributed by atoms with van der Waals surface area (Å²) in [6.45, 7) is 0.304. The Morgan fingerprint density at radius 3 is 2.60 bits per heavy atom. The molecular weight excluding hydrogens is 470 g/mol. The Morgan fingerprint density at radius 1 is 1.09 bits per heavy atom. The fraction of sp³-hybridized carbons (Fsp3) is 0.115. The predicted molar refractivity (Wildman–Crippen MR) is 130 cm³/mol. The monoisotopic (exact) mass is 489 g/mol. The summed E-state index contributed by atoms with van der Waals surface area (Å²) < 4.78 is 13.2. The summed E-state index contributed by atoms with van der Waals surface area (Å²) in [6, 6.07) is 21.0. The number of aromatic nitrogens is 2. The van der Waals surface area contributed by atoms with E-state index in [1.807, 2.05) is 30.3 Å². The Balaban J connectivity index is 1.27. The molecule has 8 nitrogen and oxygen atoms in total. The first-order chi connectivity index (χ1) is 17.0. The van der Waals surface area contributed by atoms with E-state index in [1.165, 1.54) is 0 Å². The minimum atomic E-state index is -0.917. The first kappa shape index (κ1) is 22.5. The summed E-state index contributed by atoms with van der Waals surface area (Å²) in [5, 5.41) is 16.9. The van der Waals surface area contributed by atoms with Crippen LogP contribution in [0.1, 0.15) is 28.3 Å². The second-order valence-corrected chi connectivity index (χ2v) is 8.32. The maximum Gasteiger partial charge on any atom is 0.311 e. The number of carboxylic acids is 1. The molecule has 0 saturated heterocycles. The Bertz CT molecular complexity index is 1390. The fourth-order valence-corrected chi connectivity index (χ4v) is 4.04. The molecule has 2 N–H and O–H groups in total. The van der Waals surface area contributed by atoms with Crippen molar-refractivity contribution in [1.82, 2.24) is 9.78 Å². The number of amides is 1. The SMILES string of the molecule is O=C(Nc1ccn(-c2ccccc2)n1)c1ccc(Oc2cc3c(cc2Cl)C(C(=O)O)CCO3)cc1. The molecule has 176 valence electrons. The number of carbonyl (C=O) groups excluding carboxylic acids is 1. The number of rotatable bonds is 6. The van der Waals surface area contributed by atoms with E-state index in [4.69, 9.17) is 21.1 Å². The molecule has 1 amide bonds. The highest BCUT2D eigenvalue weighted by molar-refractivity contribution is 6.32. The summed E-state index contributed by atoms with van der Waals surface area (Å²) >= 11 is 6.35. The number of nitrogens with one attached hydrogen (secondary N) is 1. The van der Waals surface area contributed by atoms with Gasteiger partial charge in [-0.05, 0) is 48.9 Å². The van der Waals surface area contributed by atoms with Crippen molar-refractivity contribution in [3.63, 3.8) is 0 Å². The van der Waals surface area contributed by atoms with E-state index in [0.717, 1.165) is 5.69 Å². The van der Waals surface area contributed by atoms with Gasteiger partial charge in [0.05, 0.1) is 23.2 Å². The minimum absolute atomic E-state index is 0.274. The molecule has 1 aliphatic heterocycles. The van der Waals surface area contributed by atoms with Crippen LogP contribution in [0.4, 0.5) is 5.82 Å². The molecule has 4 aromatic rings. The van der Waals surface area contributed by atoms with Crippen molar-refractivity contribution >= 4 is 29.3 Å². The number of halogens is 1. The summed E-state index contributed by atoms with van der Waals surface area (Å²) in [6.07, 6.45) is 2.15. The molecule has 0 bridgehead atoms. The third-order valence-electron chi connectivity index (χ3n) is 5.60.